The number of ether oxygens (including phenoxy) is 1. The predicted molar refractivity (Wildman–Crippen MR) is 92.0 cm³/mol. The molecule has 1 unspecified atom stereocenters. The number of rotatable bonds is 7. The zero-order chi connectivity index (χ0) is 16.1. The Labute approximate surface area is 135 Å². The average molecular weight is 310 g/mol. The van der Waals surface area contributed by atoms with E-state index in [0.29, 0.717) is 6.61 Å². The molecular weight excluding hydrogens is 288 g/mol. The standard InChI is InChI=1S/C18H22N4O/c1-2-10-23-11-7-15(19)18-21-16-4-3-14(12-17(16)22-18)13-5-8-20-9-6-13/h3-6,8-9,12,15H,2,7,10-11,19H2,1H3,(H,21,22). The first-order valence-corrected chi connectivity index (χ1v) is 8.01. The van der Waals surface area contributed by atoms with Crippen molar-refractivity contribution in [2.75, 3.05) is 13.2 Å². The minimum absolute atomic E-state index is 0.136. The molecule has 0 saturated heterocycles. The Kier molecular flexibility index (Phi) is 5.00. The lowest BCUT2D eigenvalue weighted by atomic mass is 10.1. The first-order chi connectivity index (χ1) is 11.3. The maximum absolute atomic E-state index is 6.21. The van der Waals surface area contributed by atoms with E-state index < -0.39 is 0 Å². The molecule has 0 saturated carbocycles. The number of aromatic nitrogens is 3. The van der Waals surface area contributed by atoms with Gasteiger partial charge in [-0.15, -0.1) is 0 Å². The van der Waals surface area contributed by atoms with Gasteiger partial charge < -0.3 is 15.5 Å². The third-order valence-electron chi connectivity index (χ3n) is 3.79. The van der Waals surface area contributed by atoms with Gasteiger partial charge in [-0.3, -0.25) is 4.98 Å². The van der Waals surface area contributed by atoms with E-state index >= 15 is 0 Å². The molecule has 23 heavy (non-hydrogen) atoms. The second-order valence-corrected chi connectivity index (χ2v) is 5.60. The molecule has 0 spiro atoms. The molecule has 0 aliphatic heterocycles. The highest BCUT2D eigenvalue weighted by Gasteiger charge is 2.12. The summed E-state index contributed by atoms with van der Waals surface area (Å²) in [6.45, 7) is 3.54. The van der Waals surface area contributed by atoms with Crippen LogP contribution < -0.4 is 5.73 Å². The Morgan fingerprint density at radius 3 is 2.74 bits per heavy atom. The van der Waals surface area contributed by atoms with Crippen molar-refractivity contribution in [1.82, 2.24) is 15.0 Å². The minimum Gasteiger partial charge on any atom is -0.381 e. The van der Waals surface area contributed by atoms with Gasteiger partial charge in [-0.1, -0.05) is 13.0 Å². The number of nitrogens with two attached hydrogens (primary N) is 1. The van der Waals surface area contributed by atoms with Gasteiger partial charge in [0.2, 0.25) is 0 Å². The Hall–Kier alpha value is -2.24. The number of benzene rings is 1. The topological polar surface area (TPSA) is 76.8 Å². The van der Waals surface area contributed by atoms with Crippen LogP contribution in [0.5, 0.6) is 0 Å². The summed E-state index contributed by atoms with van der Waals surface area (Å²) in [6, 6.07) is 10.0. The molecule has 1 atom stereocenters. The van der Waals surface area contributed by atoms with Crippen LogP contribution >= 0.6 is 0 Å². The van der Waals surface area contributed by atoms with Crippen LogP contribution in [-0.4, -0.2) is 28.2 Å². The van der Waals surface area contributed by atoms with Crippen molar-refractivity contribution in [2.24, 2.45) is 5.73 Å². The van der Waals surface area contributed by atoms with Crippen LogP contribution in [0, 0.1) is 0 Å². The molecule has 0 aliphatic rings. The average Bonchev–Trinajstić information content (AvgIpc) is 3.02. The lowest BCUT2D eigenvalue weighted by molar-refractivity contribution is 0.127. The number of aromatic amines is 1. The molecule has 5 nitrogen and oxygen atoms in total. The molecule has 3 aromatic rings. The van der Waals surface area contributed by atoms with Gasteiger partial charge in [-0.25, -0.2) is 4.98 Å². The van der Waals surface area contributed by atoms with Gasteiger partial charge in [0, 0.05) is 25.6 Å². The molecule has 0 amide bonds. The maximum atomic E-state index is 6.21. The Morgan fingerprint density at radius 1 is 1.13 bits per heavy atom. The summed E-state index contributed by atoms with van der Waals surface area (Å²) >= 11 is 0. The third kappa shape index (κ3) is 3.75. The quantitative estimate of drug-likeness (QED) is 0.655. The smallest absolute Gasteiger partial charge is 0.124 e. The summed E-state index contributed by atoms with van der Waals surface area (Å²) in [6.07, 6.45) is 5.38. The van der Waals surface area contributed by atoms with Crippen molar-refractivity contribution < 1.29 is 4.74 Å². The number of hydrogen-bond acceptors (Lipinski definition) is 4. The third-order valence-corrected chi connectivity index (χ3v) is 3.79. The fourth-order valence-electron chi connectivity index (χ4n) is 2.52. The number of nitrogens with zero attached hydrogens (tertiary/aromatic N) is 2. The van der Waals surface area contributed by atoms with Gasteiger partial charge in [0.25, 0.3) is 0 Å². The Balaban J connectivity index is 1.76. The van der Waals surface area contributed by atoms with E-state index in [-0.39, 0.29) is 6.04 Å². The van der Waals surface area contributed by atoms with Crippen molar-refractivity contribution in [3.05, 3.63) is 48.5 Å². The molecule has 2 heterocycles. The highest BCUT2D eigenvalue weighted by molar-refractivity contribution is 5.81. The number of hydrogen-bond donors (Lipinski definition) is 2. The van der Waals surface area contributed by atoms with E-state index in [4.69, 9.17) is 10.5 Å². The second-order valence-electron chi connectivity index (χ2n) is 5.60. The Bertz CT molecular complexity index is 754. The summed E-state index contributed by atoms with van der Waals surface area (Å²) in [5.74, 6) is 0.812. The molecule has 3 rings (SSSR count). The number of pyridine rings is 1. The summed E-state index contributed by atoms with van der Waals surface area (Å²) in [5, 5.41) is 0. The van der Waals surface area contributed by atoms with Crippen molar-refractivity contribution in [3.63, 3.8) is 0 Å². The largest absolute Gasteiger partial charge is 0.381 e. The first kappa shape index (κ1) is 15.6. The van der Waals surface area contributed by atoms with Crippen LogP contribution in [0.3, 0.4) is 0 Å². The lowest BCUT2D eigenvalue weighted by Crippen LogP contribution is -2.14. The molecule has 1 aromatic carbocycles. The maximum Gasteiger partial charge on any atom is 0.124 e. The van der Waals surface area contributed by atoms with Crippen LogP contribution in [0.25, 0.3) is 22.2 Å². The lowest BCUT2D eigenvalue weighted by Gasteiger charge is -2.08. The summed E-state index contributed by atoms with van der Waals surface area (Å²) < 4.78 is 5.50. The van der Waals surface area contributed by atoms with Crippen LogP contribution in [0.2, 0.25) is 0 Å². The molecule has 3 N–H and O–H groups in total. The molecule has 120 valence electrons. The monoisotopic (exact) mass is 310 g/mol. The summed E-state index contributed by atoms with van der Waals surface area (Å²) in [5.41, 5.74) is 10.4. The number of nitrogens with one attached hydrogen (secondary N) is 1. The SMILES string of the molecule is CCCOCCC(N)c1nc2ccc(-c3ccncc3)cc2[nH]1. The van der Waals surface area contributed by atoms with Crippen LogP contribution in [-0.2, 0) is 4.74 Å². The molecule has 0 fully saturated rings. The van der Waals surface area contributed by atoms with Crippen molar-refractivity contribution in [1.29, 1.82) is 0 Å². The predicted octanol–water partition coefficient (Wildman–Crippen LogP) is 3.44. The molecular formula is C18H22N4O. The van der Waals surface area contributed by atoms with E-state index in [2.05, 4.69) is 34.0 Å². The van der Waals surface area contributed by atoms with E-state index in [1.165, 1.54) is 0 Å². The zero-order valence-electron chi connectivity index (χ0n) is 13.3. The molecule has 2 aromatic heterocycles. The highest BCUT2D eigenvalue weighted by atomic mass is 16.5. The fourth-order valence-corrected chi connectivity index (χ4v) is 2.52. The zero-order valence-corrected chi connectivity index (χ0v) is 13.3. The van der Waals surface area contributed by atoms with Gasteiger partial charge in [0.05, 0.1) is 17.1 Å². The van der Waals surface area contributed by atoms with Gasteiger partial charge in [0.15, 0.2) is 0 Å². The van der Waals surface area contributed by atoms with Crippen molar-refractivity contribution >= 4 is 11.0 Å². The number of fused-ring (bicyclic) bond motifs is 1. The number of H-pyrrole nitrogens is 1. The van der Waals surface area contributed by atoms with Crippen molar-refractivity contribution in [2.45, 2.75) is 25.8 Å². The van der Waals surface area contributed by atoms with Crippen LogP contribution in [0.1, 0.15) is 31.6 Å². The van der Waals surface area contributed by atoms with Crippen molar-refractivity contribution in [3.8, 4) is 11.1 Å². The van der Waals surface area contributed by atoms with Gasteiger partial charge >= 0.3 is 0 Å². The molecule has 0 aliphatic carbocycles. The number of imidazole rings is 1. The van der Waals surface area contributed by atoms with Crippen LogP contribution in [0.15, 0.2) is 42.7 Å². The van der Waals surface area contributed by atoms with E-state index in [1.807, 2.05) is 18.2 Å². The Morgan fingerprint density at radius 2 is 1.96 bits per heavy atom. The molecule has 0 bridgehead atoms. The minimum atomic E-state index is -0.136. The fraction of sp³-hybridized carbons (Fsp3) is 0.333. The van der Waals surface area contributed by atoms with E-state index in [0.717, 1.165) is 47.4 Å². The van der Waals surface area contributed by atoms with Gasteiger partial charge in [-0.2, -0.15) is 0 Å². The summed E-state index contributed by atoms with van der Waals surface area (Å²) in [4.78, 5) is 12.0. The second kappa shape index (κ2) is 7.35. The van der Waals surface area contributed by atoms with E-state index in [1.54, 1.807) is 12.4 Å². The van der Waals surface area contributed by atoms with Gasteiger partial charge in [-0.05, 0) is 48.2 Å². The normalized spacial score (nSPS) is 12.6. The molecule has 0 radical (unpaired) electrons. The summed E-state index contributed by atoms with van der Waals surface area (Å²) in [7, 11) is 0. The van der Waals surface area contributed by atoms with Gasteiger partial charge in [0.1, 0.15) is 5.82 Å². The molecule has 5 heteroatoms. The van der Waals surface area contributed by atoms with E-state index in [9.17, 15) is 0 Å². The van der Waals surface area contributed by atoms with Crippen LogP contribution in [0.4, 0.5) is 0 Å². The first-order valence-electron chi connectivity index (χ1n) is 8.01. The highest BCUT2D eigenvalue weighted by Crippen LogP contribution is 2.24.